The largest absolute Gasteiger partial charge is 0.396 e. The number of hydrogen-bond donors (Lipinski definition) is 2. The third-order valence-corrected chi connectivity index (χ3v) is 2.56. The molecule has 0 spiro atoms. The second-order valence-electron chi connectivity index (χ2n) is 3.74. The Hall–Kier alpha value is -1.56. The summed E-state index contributed by atoms with van der Waals surface area (Å²) < 4.78 is 1.61. The van der Waals surface area contributed by atoms with Gasteiger partial charge in [0.15, 0.2) is 5.69 Å². The van der Waals surface area contributed by atoms with Crippen molar-refractivity contribution in [3.05, 3.63) is 11.9 Å². The number of aromatic nitrogens is 2. The highest BCUT2D eigenvalue weighted by Crippen LogP contribution is 2.12. The van der Waals surface area contributed by atoms with E-state index in [1.807, 2.05) is 6.92 Å². The van der Waals surface area contributed by atoms with Gasteiger partial charge in [0.1, 0.15) is 0 Å². The summed E-state index contributed by atoms with van der Waals surface area (Å²) in [5, 5.41) is 13.1. The van der Waals surface area contributed by atoms with E-state index in [9.17, 15) is 4.79 Å². The highest BCUT2D eigenvalue weighted by atomic mass is 16.3. The van der Waals surface area contributed by atoms with Crippen LogP contribution in [0.3, 0.4) is 0 Å². The van der Waals surface area contributed by atoms with Gasteiger partial charge in [-0.3, -0.25) is 9.48 Å². The Morgan fingerprint density at radius 2 is 2.38 bits per heavy atom. The van der Waals surface area contributed by atoms with Crippen LogP contribution in [0.1, 0.15) is 24.3 Å². The molecule has 0 fully saturated rings. The molecule has 0 saturated carbocycles. The summed E-state index contributed by atoms with van der Waals surface area (Å²) in [6, 6.07) is -0.251. The van der Waals surface area contributed by atoms with Crippen molar-refractivity contribution in [1.82, 2.24) is 14.7 Å². The van der Waals surface area contributed by atoms with Crippen molar-refractivity contribution in [2.45, 2.75) is 26.4 Å². The minimum Gasteiger partial charge on any atom is -0.396 e. The van der Waals surface area contributed by atoms with E-state index in [-0.39, 0.29) is 24.2 Å². The van der Waals surface area contributed by atoms with Gasteiger partial charge in [0.05, 0.1) is 18.3 Å². The molecule has 1 heterocycles. The lowest BCUT2D eigenvalue weighted by Gasteiger charge is -2.22. The minimum atomic E-state index is -0.272. The number of aliphatic hydroxyl groups is 1. The number of likely N-dealkylation sites (N-methyl/N-ethyl adjacent to an activating group) is 1. The molecule has 90 valence electrons. The quantitative estimate of drug-likeness (QED) is 0.753. The zero-order valence-corrected chi connectivity index (χ0v) is 9.84. The Morgan fingerprint density at radius 3 is 2.81 bits per heavy atom. The number of nitrogen functional groups attached to an aromatic ring is 1. The molecule has 1 amide bonds. The first kappa shape index (κ1) is 12.5. The summed E-state index contributed by atoms with van der Waals surface area (Å²) in [6.45, 7) is 4.25. The molecule has 0 aromatic carbocycles. The molecule has 1 unspecified atom stereocenters. The van der Waals surface area contributed by atoms with Crippen LogP contribution < -0.4 is 5.73 Å². The maximum Gasteiger partial charge on any atom is 0.276 e. The van der Waals surface area contributed by atoms with Crippen LogP contribution in [0.2, 0.25) is 0 Å². The van der Waals surface area contributed by atoms with Gasteiger partial charge in [0.25, 0.3) is 5.91 Å². The van der Waals surface area contributed by atoms with Crippen molar-refractivity contribution in [3.8, 4) is 0 Å². The van der Waals surface area contributed by atoms with Gasteiger partial charge in [-0.25, -0.2) is 0 Å². The fourth-order valence-electron chi connectivity index (χ4n) is 1.25. The fourth-order valence-corrected chi connectivity index (χ4v) is 1.25. The first-order chi connectivity index (χ1) is 7.51. The number of nitrogens with zero attached hydrogens (tertiary/aromatic N) is 3. The number of aliphatic hydroxyl groups excluding tert-OH is 1. The molecule has 1 atom stereocenters. The monoisotopic (exact) mass is 226 g/mol. The van der Waals surface area contributed by atoms with Crippen LogP contribution in [0.15, 0.2) is 6.20 Å². The van der Waals surface area contributed by atoms with Crippen molar-refractivity contribution in [1.29, 1.82) is 0 Å². The molecule has 3 N–H and O–H groups in total. The van der Waals surface area contributed by atoms with Gasteiger partial charge in [-0.2, -0.15) is 5.10 Å². The number of nitrogens with two attached hydrogens (primary N) is 1. The first-order valence-electron chi connectivity index (χ1n) is 5.22. The van der Waals surface area contributed by atoms with E-state index >= 15 is 0 Å². The van der Waals surface area contributed by atoms with Gasteiger partial charge in [-0.15, -0.1) is 0 Å². The molecule has 1 rings (SSSR count). The van der Waals surface area contributed by atoms with Gasteiger partial charge >= 0.3 is 0 Å². The molecule has 0 aliphatic rings. The molecule has 0 saturated heterocycles. The second kappa shape index (κ2) is 4.98. The summed E-state index contributed by atoms with van der Waals surface area (Å²) in [5.41, 5.74) is 6.31. The normalized spacial score (nSPS) is 12.5. The summed E-state index contributed by atoms with van der Waals surface area (Å²) in [7, 11) is 1.62. The van der Waals surface area contributed by atoms with Crippen molar-refractivity contribution in [3.63, 3.8) is 0 Å². The van der Waals surface area contributed by atoms with Crippen LogP contribution in [0.5, 0.6) is 0 Å². The summed E-state index contributed by atoms with van der Waals surface area (Å²) in [6.07, 6.45) is 1.63. The highest BCUT2D eigenvalue weighted by molar-refractivity contribution is 5.97. The summed E-state index contributed by atoms with van der Waals surface area (Å²) in [4.78, 5) is 13.4. The Morgan fingerprint density at radius 1 is 1.75 bits per heavy atom. The maximum absolute atomic E-state index is 12.0. The number of rotatable bonds is 4. The molecule has 0 radical (unpaired) electrons. The van der Waals surface area contributed by atoms with Crippen molar-refractivity contribution in [2.75, 3.05) is 19.4 Å². The number of anilines is 1. The molecule has 16 heavy (non-hydrogen) atoms. The smallest absolute Gasteiger partial charge is 0.276 e. The molecular formula is C10H18N4O2. The zero-order valence-electron chi connectivity index (χ0n) is 9.84. The maximum atomic E-state index is 12.0. The average Bonchev–Trinajstić information content (AvgIpc) is 2.67. The van der Waals surface area contributed by atoms with Gasteiger partial charge in [-0.1, -0.05) is 0 Å². The van der Waals surface area contributed by atoms with E-state index in [4.69, 9.17) is 10.8 Å². The molecule has 1 aromatic heterocycles. The standard InChI is InChI=1S/C10H18N4O2/c1-4-14-5-8(11)9(12-14)10(16)13(3)7(2)6-15/h5,7,15H,4,6,11H2,1-3H3. The molecule has 6 heteroatoms. The van der Waals surface area contributed by atoms with E-state index in [1.54, 1.807) is 24.9 Å². The van der Waals surface area contributed by atoms with Gasteiger partial charge in [0, 0.05) is 19.8 Å². The Kier molecular flexibility index (Phi) is 3.89. The molecule has 1 aromatic rings. The molecule has 6 nitrogen and oxygen atoms in total. The minimum absolute atomic E-state index is 0.0867. The lowest BCUT2D eigenvalue weighted by Crippen LogP contribution is -2.37. The van der Waals surface area contributed by atoms with E-state index in [0.717, 1.165) is 0 Å². The SMILES string of the molecule is CCn1cc(N)c(C(=O)N(C)C(C)CO)n1. The van der Waals surface area contributed by atoms with Crippen LogP contribution in [0.25, 0.3) is 0 Å². The summed E-state index contributed by atoms with van der Waals surface area (Å²) >= 11 is 0. The number of aryl methyl sites for hydroxylation is 1. The van der Waals surface area contributed by atoms with E-state index < -0.39 is 0 Å². The van der Waals surface area contributed by atoms with Crippen LogP contribution in [-0.4, -0.2) is 45.4 Å². The lowest BCUT2D eigenvalue weighted by molar-refractivity contribution is 0.0676. The number of carbonyl (C=O) groups excluding carboxylic acids is 1. The third kappa shape index (κ3) is 2.33. The Bertz CT molecular complexity index is 375. The molecule has 0 bridgehead atoms. The molecular weight excluding hydrogens is 208 g/mol. The number of carbonyl (C=O) groups is 1. The van der Waals surface area contributed by atoms with Crippen molar-refractivity contribution >= 4 is 11.6 Å². The van der Waals surface area contributed by atoms with E-state index in [1.165, 1.54) is 4.90 Å². The van der Waals surface area contributed by atoms with Gasteiger partial charge < -0.3 is 15.7 Å². The Labute approximate surface area is 94.6 Å². The summed E-state index contributed by atoms with van der Waals surface area (Å²) in [5.74, 6) is -0.272. The number of amides is 1. The predicted molar refractivity (Wildman–Crippen MR) is 61.0 cm³/mol. The lowest BCUT2D eigenvalue weighted by atomic mass is 10.2. The second-order valence-corrected chi connectivity index (χ2v) is 3.74. The predicted octanol–water partition coefficient (Wildman–Crippen LogP) is -0.0620. The number of hydrogen-bond acceptors (Lipinski definition) is 4. The van der Waals surface area contributed by atoms with Gasteiger partial charge in [-0.05, 0) is 13.8 Å². The van der Waals surface area contributed by atoms with Crippen molar-refractivity contribution in [2.24, 2.45) is 0 Å². The van der Waals surface area contributed by atoms with Crippen molar-refractivity contribution < 1.29 is 9.90 Å². The highest BCUT2D eigenvalue weighted by Gasteiger charge is 2.21. The van der Waals surface area contributed by atoms with Crippen LogP contribution >= 0.6 is 0 Å². The Balaban J connectivity index is 2.91. The van der Waals surface area contributed by atoms with Gasteiger partial charge in [0.2, 0.25) is 0 Å². The van der Waals surface area contributed by atoms with E-state index in [0.29, 0.717) is 12.2 Å². The third-order valence-electron chi connectivity index (χ3n) is 2.56. The first-order valence-corrected chi connectivity index (χ1v) is 5.22. The van der Waals surface area contributed by atoms with E-state index in [2.05, 4.69) is 5.10 Å². The van der Waals surface area contributed by atoms with Crippen LogP contribution in [0.4, 0.5) is 5.69 Å². The van der Waals surface area contributed by atoms with Crippen LogP contribution in [0, 0.1) is 0 Å². The molecule has 0 aliphatic heterocycles. The topological polar surface area (TPSA) is 84.4 Å². The fraction of sp³-hybridized carbons (Fsp3) is 0.600. The molecule has 0 aliphatic carbocycles. The average molecular weight is 226 g/mol. The zero-order chi connectivity index (χ0) is 12.3. The van der Waals surface area contributed by atoms with Crippen LogP contribution in [-0.2, 0) is 6.54 Å².